The maximum atomic E-state index is 11.6. The molecule has 134 valence electrons. The summed E-state index contributed by atoms with van der Waals surface area (Å²) in [5.74, 6) is 0.325. The molecular formula is C20H17N5O2. The molecule has 0 saturated carbocycles. The van der Waals surface area contributed by atoms with E-state index in [2.05, 4.69) is 15.3 Å². The van der Waals surface area contributed by atoms with Gasteiger partial charge in [-0.05, 0) is 29.8 Å². The lowest BCUT2D eigenvalue weighted by Gasteiger charge is -2.10. The molecule has 4 aromatic rings. The van der Waals surface area contributed by atoms with Crippen molar-refractivity contribution in [3.05, 3.63) is 78.5 Å². The number of esters is 1. The van der Waals surface area contributed by atoms with Gasteiger partial charge in [-0.25, -0.2) is 14.8 Å². The summed E-state index contributed by atoms with van der Waals surface area (Å²) in [6.45, 7) is 0.614. The number of anilines is 1. The van der Waals surface area contributed by atoms with E-state index in [0.717, 1.165) is 22.5 Å². The number of hydrogen-bond acceptors (Lipinski definition) is 6. The Labute approximate surface area is 155 Å². The Morgan fingerprint density at radius 3 is 2.63 bits per heavy atom. The Bertz CT molecular complexity index is 1070. The fraction of sp³-hybridized carbons (Fsp3) is 0.100. The first-order valence-electron chi connectivity index (χ1n) is 8.40. The van der Waals surface area contributed by atoms with Gasteiger partial charge < -0.3 is 14.5 Å². The highest BCUT2D eigenvalue weighted by Gasteiger charge is 2.10. The number of nitrogens with zero attached hydrogens (tertiary/aromatic N) is 4. The van der Waals surface area contributed by atoms with Gasteiger partial charge in [0.05, 0.1) is 18.4 Å². The van der Waals surface area contributed by atoms with Gasteiger partial charge in [0.15, 0.2) is 11.5 Å². The van der Waals surface area contributed by atoms with Crippen LogP contribution in [0.2, 0.25) is 0 Å². The van der Waals surface area contributed by atoms with Crippen molar-refractivity contribution in [2.45, 2.75) is 6.54 Å². The number of benzene rings is 1. The number of fused-ring (bicyclic) bond motifs is 1. The summed E-state index contributed by atoms with van der Waals surface area (Å²) in [6.07, 6.45) is 9.04. The third-order valence-corrected chi connectivity index (χ3v) is 4.19. The largest absolute Gasteiger partial charge is 0.465 e. The molecule has 27 heavy (non-hydrogen) atoms. The van der Waals surface area contributed by atoms with E-state index in [9.17, 15) is 4.79 Å². The molecular weight excluding hydrogens is 342 g/mol. The van der Waals surface area contributed by atoms with Crippen molar-refractivity contribution in [3.63, 3.8) is 0 Å². The Kier molecular flexibility index (Phi) is 4.49. The summed E-state index contributed by atoms with van der Waals surface area (Å²) in [4.78, 5) is 24.7. The van der Waals surface area contributed by atoms with E-state index in [4.69, 9.17) is 9.72 Å². The molecule has 3 heterocycles. The zero-order valence-corrected chi connectivity index (χ0v) is 14.7. The minimum Gasteiger partial charge on any atom is -0.465 e. The second kappa shape index (κ2) is 7.25. The average Bonchev–Trinajstić information content (AvgIpc) is 3.21. The number of ether oxygens (including phenoxy) is 1. The smallest absolute Gasteiger partial charge is 0.337 e. The number of rotatable bonds is 5. The summed E-state index contributed by atoms with van der Waals surface area (Å²) < 4.78 is 6.66. The Hall–Kier alpha value is -3.74. The highest BCUT2D eigenvalue weighted by atomic mass is 16.5. The maximum Gasteiger partial charge on any atom is 0.337 e. The van der Waals surface area contributed by atoms with Crippen LogP contribution in [0.15, 0.2) is 67.4 Å². The second-order valence-electron chi connectivity index (χ2n) is 5.91. The normalized spacial score (nSPS) is 10.7. The molecule has 0 unspecified atom stereocenters. The third-order valence-electron chi connectivity index (χ3n) is 4.19. The van der Waals surface area contributed by atoms with Crippen molar-refractivity contribution in [2.75, 3.05) is 12.4 Å². The number of pyridine rings is 1. The van der Waals surface area contributed by atoms with E-state index in [1.54, 1.807) is 30.7 Å². The average molecular weight is 359 g/mol. The maximum absolute atomic E-state index is 11.6. The Balaban J connectivity index is 1.66. The predicted octanol–water partition coefficient (Wildman–Crippen LogP) is 3.19. The topological polar surface area (TPSA) is 81.4 Å². The first-order chi connectivity index (χ1) is 13.2. The van der Waals surface area contributed by atoms with Crippen LogP contribution in [0.1, 0.15) is 15.9 Å². The molecule has 7 heteroatoms. The zero-order valence-electron chi connectivity index (χ0n) is 14.7. The van der Waals surface area contributed by atoms with Crippen molar-refractivity contribution in [3.8, 4) is 11.3 Å². The molecule has 3 aromatic heterocycles. The first-order valence-corrected chi connectivity index (χ1v) is 8.40. The van der Waals surface area contributed by atoms with E-state index in [-0.39, 0.29) is 5.97 Å². The minimum absolute atomic E-state index is 0.362. The molecule has 7 nitrogen and oxygen atoms in total. The molecule has 0 aliphatic heterocycles. The zero-order chi connectivity index (χ0) is 18.6. The number of hydrogen-bond donors (Lipinski definition) is 1. The number of aromatic nitrogens is 4. The summed E-state index contributed by atoms with van der Waals surface area (Å²) in [5, 5.41) is 3.34. The van der Waals surface area contributed by atoms with Gasteiger partial charge in [-0.3, -0.25) is 4.98 Å². The van der Waals surface area contributed by atoms with E-state index >= 15 is 0 Å². The molecule has 0 amide bonds. The monoisotopic (exact) mass is 359 g/mol. The van der Waals surface area contributed by atoms with Crippen LogP contribution in [0.3, 0.4) is 0 Å². The number of carbonyl (C=O) groups excluding carboxylic acids is 1. The number of nitrogens with one attached hydrogen (secondary N) is 1. The SMILES string of the molecule is COC(=O)c1ccc(-c2cn3ccnc3c(NCc3ccncc3)n2)cc1. The first kappa shape index (κ1) is 16.7. The highest BCUT2D eigenvalue weighted by molar-refractivity contribution is 5.89. The third kappa shape index (κ3) is 3.48. The van der Waals surface area contributed by atoms with Crippen LogP contribution >= 0.6 is 0 Å². The molecule has 1 N–H and O–H groups in total. The van der Waals surface area contributed by atoms with E-state index in [1.807, 2.05) is 41.1 Å². The Morgan fingerprint density at radius 2 is 1.89 bits per heavy atom. The van der Waals surface area contributed by atoms with Gasteiger partial charge in [0.25, 0.3) is 0 Å². The van der Waals surface area contributed by atoms with Gasteiger partial charge in [0.2, 0.25) is 0 Å². The summed E-state index contributed by atoms with van der Waals surface area (Å²) in [5.41, 5.74) is 4.02. The van der Waals surface area contributed by atoms with E-state index in [1.165, 1.54) is 7.11 Å². The van der Waals surface area contributed by atoms with Crippen molar-refractivity contribution in [2.24, 2.45) is 0 Å². The van der Waals surface area contributed by atoms with Gasteiger partial charge in [-0.2, -0.15) is 0 Å². The van der Waals surface area contributed by atoms with Crippen LogP contribution in [0.25, 0.3) is 16.9 Å². The van der Waals surface area contributed by atoms with Crippen LogP contribution in [-0.2, 0) is 11.3 Å². The van der Waals surface area contributed by atoms with Crippen LogP contribution in [-0.4, -0.2) is 32.4 Å². The van der Waals surface area contributed by atoms with Crippen LogP contribution in [0.5, 0.6) is 0 Å². The number of methoxy groups -OCH3 is 1. The van der Waals surface area contributed by atoms with Crippen molar-refractivity contribution < 1.29 is 9.53 Å². The van der Waals surface area contributed by atoms with Crippen molar-refractivity contribution in [1.82, 2.24) is 19.4 Å². The molecule has 0 fully saturated rings. The van der Waals surface area contributed by atoms with Gasteiger partial charge in [0, 0.05) is 43.1 Å². The molecule has 4 rings (SSSR count). The summed E-state index contributed by atoms with van der Waals surface area (Å²) in [6, 6.07) is 11.1. The van der Waals surface area contributed by atoms with Crippen LogP contribution < -0.4 is 5.32 Å². The van der Waals surface area contributed by atoms with Gasteiger partial charge in [-0.1, -0.05) is 12.1 Å². The lowest BCUT2D eigenvalue weighted by atomic mass is 10.1. The quantitative estimate of drug-likeness (QED) is 0.551. The summed E-state index contributed by atoms with van der Waals surface area (Å²) >= 11 is 0. The Morgan fingerprint density at radius 1 is 1.11 bits per heavy atom. The molecule has 1 aromatic carbocycles. The van der Waals surface area contributed by atoms with Crippen LogP contribution in [0.4, 0.5) is 5.82 Å². The van der Waals surface area contributed by atoms with Gasteiger partial charge in [0.1, 0.15) is 0 Å². The molecule has 0 spiro atoms. The van der Waals surface area contributed by atoms with E-state index in [0.29, 0.717) is 17.9 Å². The number of imidazole rings is 1. The van der Waals surface area contributed by atoms with Crippen molar-refractivity contribution in [1.29, 1.82) is 0 Å². The predicted molar refractivity (Wildman–Crippen MR) is 101 cm³/mol. The highest BCUT2D eigenvalue weighted by Crippen LogP contribution is 2.23. The van der Waals surface area contributed by atoms with E-state index < -0.39 is 0 Å². The lowest BCUT2D eigenvalue weighted by Crippen LogP contribution is -2.05. The molecule has 0 saturated heterocycles. The summed E-state index contributed by atoms with van der Waals surface area (Å²) in [7, 11) is 1.37. The molecule has 0 radical (unpaired) electrons. The molecule has 0 atom stereocenters. The van der Waals surface area contributed by atoms with Crippen molar-refractivity contribution >= 4 is 17.4 Å². The number of carbonyl (C=O) groups is 1. The van der Waals surface area contributed by atoms with Crippen LogP contribution in [0, 0.1) is 0 Å². The minimum atomic E-state index is -0.362. The lowest BCUT2D eigenvalue weighted by molar-refractivity contribution is 0.0601. The molecule has 0 bridgehead atoms. The fourth-order valence-electron chi connectivity index (χ4n) is 2.77. The fourth-order valence-corrected chi connectivity index (χ4v) is 2.77. The molecule has 0 aliphatic rings. The second-order valence-corrected chi connectivity index (χ2v) is 5.91. The van der Waals surface area contributed by atoms with Gasteiger partial charge >= 0.3 is 5.97 Å². The standard InChI is InChI=1S/C20H17N5O2/c1-27-20(26)16-4-2-15(3-5-16)17-13-25-11-10-22-19(25)18(24-17)23-12-14-6-8-21-9-7-14/h2-11,13H,12H2,1H3,(H,23,24). The molecule has 0 aliphatic carbocycles. The van der Waals surface area contributed by atoms with Gasteiger partial charge in [-0.15, -0.1) is 0 Å².